The summed E-state index contributed by atoms with van der Waals surface area (Å²) in [5.41, 5.74) is 0.786. The number of nitrogens with one attached hydrogen (secondary N) is 4. The van der Waals surface area contributed by atoms with E-state index in [0.717, 1.165) is 10.5 Å². The van der Waals surface area contributed by atoms with Gasteiger partial charge in [0.15, 0.2) is 12.6 Å². The van der Waals surface area contributed by atoms with E-state index < -0.39 is 18.0 Å². The first-order chi connectivity index (χ1) is 10.6. The van der Waals surface area contributed by atoms with Gasteiger partial charge in [-0.05, 0) is 6.92 Å². The van der Waals surface area contributed by atoms with Crippen LogP contribution in [-0.2, 0) is 9.59 Å². The molecule has 0 bridgehead atoms. The lowest BCUT2D eigenvalue weighted by Crippen LogP contribution is -3.16. The first-order valence-corrected chi connectivity index (χ1v) is 7.36. The third-order valence-corrected chi connectivity index (χ3v) is 3.53. The number of urea groups is 1. The molecule has 0 spiro atoms. The van der Waals surface area contributed by atoms with Crippen LogP contribution in [0.5, 0.6) is 0 Å². The molecular weight excluding hydrogens is 284 g/mol. The van der Waals surface area contributed by atoms with Crippen molar-refractivity contribution in [2.75, 3.05) is 26.2 Å². The van der Waals surface area contributed by atoms with E-state index in [1.54, 1.807) is 6.92 Å². The molecule has 1 saturated heterocycles. The largest absolute Gasteiger partial charge is 0.346 e. The molecule has 1 aromatic carbocycles. The van der Waals surface area contributed by atoms with Crippen LogP contribution in [0.4, 0.5) is 4.79 Å². The molecular formula is C15H21N4O3+. The second-order valence-electron chi connectivity index (χ2n) is 5.13. The van der Waals surface area contributed by atoms with E-state index >= 15 is 0 Å². The number of hydrogen-bond donors (Lipinski definition) is 4. The van der Waals surface area contributed by atoms with Crippen molar-refractivity contribution in [3.05, 3.63) is 35.9 Å². The van der Waals surface area contributed by atoms with Crippen LogP contribution in [0.3, 0.4) is 0 Å². The first kappa shape index (κ1) is 16.0. The molecule has 2 rings (SSSR count). The summed E-state index contributed by atoms with van der Waals surface area (Å²) in [6, 6.07) is 8.10. The second-order valence-corrected chi connectivity index (χ2v) is 5.13. The Kier molecular flexibility index (Phi) is 5.48. The van der Waals surface area contributed by atoms with Crippen LogP contribution < -0.4 is 20.9 Å². The Morgan fingerprint density at radius 1 is 1.32 bits per heavy atom. The standard InChI is InChI=1S/C15H20N4O3/c1-2-16-15(22)18-14(21)13(11-6-4-3-5-7-11)19-9-8-17-12(20)10-19/h3-7,13H,2,8-10H2,1H3,(H,17,20)(H2,16,18,21,22)/p+1/t13-/m0/s1. The summed E-state index contributed by atoms with van der Waals surface area (Å²) in [7, 11) is 0. The Morgan fingerprint density at radius 3 is 2.68 bits per heavy atom. The van der Waals surface area contributed by atoms with Crippen molar-refractivity contribution in [3.8, 4) is 0 Å². The molecule has 7 heteroatoms. The fourth-order valence-electron chi connectivity index (χ4n) is 2.57. The highest BCUT2D eigenvalue weighted by Gasteiger charge is 2.35. The van der Waals surface area contributed by atoms with Gasteiger partial charge in [0.1, 0.15) is 0 Å². The fourth-order valence-corrected chi connectivity index (χ4v) is 2.57. The molecule has 4 amide bonds. The normalized spacial score (nSPS) is 19.0. The summed E-state index contributed by atoms with van der Waals surface area (Å²) in [4.78, 5) is 36.6. The maximum Gasteiger partial charge on any atom is 0.321 e. The lowest BCUT2D eigenvalue weighted by molar-refractivity contribution is -0.915. The van der Waals surface area contributed by atoms with Gasteiger partial charge in [-0.2, -0.15) is 0 Å². The minimum absolute atomic E-state index is 0.0898. The molecule has 2 atom stereocenters. The van der Waals surface area contributed by atoms with E-state index in [1.807, 2.05) is 30.3 Å². The summed E-state index contributed by atoms with van der Waals surface area (Å²) in [5, 5.41) is 7.63. The summed E-state index contributed by atoms with van der Waals surface area (Å²) >= 11 is 0. The average Bonchev–Trinajstić information content (AvgIpc) is 2.49. The number of piperazine rings is 1. The fraction of sp³-hybridized carbons (Fsp3) is 0.400. The Morgan fingerprint density at radius 2 is 2.05 bits per heavy atom. The third-order valence-electron chi connectivity index (χ3n) is 3.53. The number of amides is 4. The van der Waals surface area contributed by atoms with Crippen LogP contribution in [0.2, 0.25) is 0 Å². The zero-order chi connectivity index (χ0) is 15.9. The number of carbonyl (C=O) groups excluding carboxylic acids is 3. The van der Waals surface area contributed by atoms with E-state index in [2.05, 4.69) is 16.0 Å². The predicted octanol–water partition coefficient (Wildman–Crippen LogP) is -1.41. The van der Waals surface area contributed by atoms with Gasteiger partial charge in [0.2, 0.25) is 0 Å². The third kappa shape index (κ3) is 4.05. The van der Waals surface area contributed by atoms with E-state index in [0.29, 0.717) is 19.6 Å². The van der Waals surface area contributed by atoms with Crippen molar-refractivity contribution in [2.24, 2.45) is 0 Å². The summed E-state index contributed by atoms with van der Waals surface area (Å²) in [5.74, 6) is -0.491. The highest BCUT2D eigenvalue weighted by atomic mass is 16.2. The van der Waals surface area contributed by atoms with Gasteiger partial charge in [-0.15, -0.1) is 0 Å². The van der Waals surface area contributed by atoms with Gasteiger partial charge < -0.3 is 15.5 Å². The number of imide groups is 1. The molecule has 4 N–H and O–H groups in total. The van der Waals surface area contributed by atoms with Gasteiger partial charge in [0.25, 0.3) is 11.8 Å². The van der Waals surface area contributed by atoms with Crippen LogP contribution in [0.15, 0.2) is 30.3 Å². The maximum absolute atomic E-state index is 12.5. The molecule has 0 aromatic heterocycles. The minimum Gasteiger partial charge on any atom is -0.346 e. The number of rotatable bonds is 4. The SMILES string of the molecule is CCNC(=O)NC(=O)[C@H](c1ccccc1)[NH+]1CCNC(=O)C1. The molecule has 1 aliphatic heterocycles. The van der Waals surface area contributed by atoms with Crippen molar-refractivity contribution in [1.82, 2.24) is 16.0 Å². The zero-order valence-electron chi connectivity index (χ0n) is 12.5. The molecule has 1 fully saturated rings. The molecule has 1 aromatic rings. The monoisotopic (exact) mass is 305 g/mol. The van der Waals surface area contributed by atoms with Crippen LogP contribution in [-0.4, -0.2) is 44.0 Å². The van der Waals surface area contributed by atoms with Gasteiger partial charge in [-0.3, -0.25) is 14.9 Å². The van der Waals surface area contributed by atoms with Gasteiger partial charge in [0.05, 0.1) is 13.1 Å². The van der Waals surface area contributed by atoms with Crippen molar-refractivity contribution in [3.63, 3.8) is 0 Å². The van der Waals surface area contributed by atoms with Gasteiger partial charge in [-0.25, -0.2) is 4.79 Å². The highest BCUT2D eigenvalue weighted by molar-refractivity contribution is 5.96. The lowest BCUT2D eigenvalue weighted by atomic mass is 10.0. The first-order valence-electron chi connectivity index (χ1n) is 7.36. The van der Waals surface area contributed by atoms with Gasteiger partial charge in [-0.1, -0.05) is 30.3 Å². The van der Waals surface area contributed by atoms with Crippen molar-refractivity contribution >= 4 is 17.8 Å². The van der Waals surface area contributed by atoms with Crippen LogP contribution in [0.1, 0.15) is 18.5 Å². The molecule has 0 aliphatic carbocycles. The number of hydrogen-bond acceptors (Lipinski definition) is 3. The molecule has 0 saturated carbocycles. The summed E-state index contributed by atoms with van der Waals surface area (Å²) in [6.45, 7) is 3.58. The highest BCUT2D eigenvalue weighted by Crippen LogP contribution is 2.09. The van der Waals surface area contributed by atoms with Crippen LogP contribution in [0.25, 0.3) is 0 Å². The van der Waals surface area contributed by atoms with E-state index in [9.17, 15) is 14.4 Å². The Balaban J connectivity index is 2.19. The lowest BCUT2D eigenvalue weighted by Gasteiger charge is -2.30. The van der Waals surface area contributed by atoms with E-state index in [1.165, 1.54) is 0 Å². The molecule has 118 valence electrons. The molecule has 1 heterocycles. The maximum atomic E-state index is 12.5. The second kappa shape index (κ2) is 7.56. The summed E-state index contributed by atoms with van der Waals surface area (Å²) < 4.78 is 0. The Hall–Kier alpha value is -2.41. The predicted molar refractivity (Wildman–Crippen MR) is 80.1 cm³/mol. The molecule has 7 nitrogen and oxygen atoms in total. The smallest absolute Gasteiger partial charge is 0.321 e. The molecule has 1 unspecified atom stereocenters. The topological polar surface area (TPSA) is 91.7 Å². The number of quaternary nitrogens is 1. The molecule has 22 heavy (non-hydrogen) atoms. The van der Waals surface area contributed by atoms with Crippen molar-refractivity contribution < 1.29 is 19.3 Å². The quantitative estimate of drug-likeness (QED) is 0.551. The van der Waals surface area contributed by atoms with Crippen LogP contribution in [0, 0.1) is 0 Å². The molecule has 0 radical (unpaired) electrons. The number of carbonyl (C=O) groups is 3. The Bertz CT molecular complexity index is 547. The van der Waals surface area contributed by atoms with E-state index in [-0.39, 0.29) is 12.5 Å². The van der Waals surface area contributed by atoms with E-state index in [4.69, 9.17) is 0 Å². The van der Waals surface area contributed by atoms with Gasteiger partial charge in [0, 0.05) is 12.1 Å². The minimum atomic E-state index is -0.588. The molecule has 1 aliphatic rings. The summed E-state index contributed by atoms with van der Waals surface area (Å²) in [6.07, 6.45) is 0. The number of benzene rings is 1. The Labute approximate surface area is 129 Å². The average molecular weight is 305 g/mol. The van der Waals surface area contributed by atoms with Crippen LogP contribution >= 0.6 is 0 Å². The van der Waals surface area contributed by atoms with Crippen molar-refractivity contribution in [2.45, 2.75) is 13.0 Å². The zero-order valence-corrected chi connectivity index (χ0v) is 12.5. The van der Waals surface area contributed by atoms with Crippen molar-refractivity contribution in [1.29, 1.82) is 0 Å². The van der Waals surface area contributed by atoms with Gasteiger partial charge >= 0.3 is 6.03 Å².